The number of rotatable bonds is 8. The van der Waals surface area contributed by atoms with Gasteiger partial charge in [0.05, 0.1) is 11.4 Å². The van der Waals surface area contributed by atoms with Gasteiger partial charge in [-0.1, -0.05) is 88.2 Å². The first-order chi connectivity index (χ1) is 15.6. The van der Waals surface area contributed by atoms with Crippen molar-refractivity contribution in [3.63, 3.8) is 0 Å². The van der Waals surface area contributed by atoms with Crippen molar-refractivity contribution in [1.82, 2.24) is 5.32 Å². The van der Waals surface area contributed by atoms with Crippen LogP contribution in [-0.2, 0) is 0 Å². The number of hydrogen-bond donors (Lipinski definition) is 1. The van der Waals surface area contributed by atoms with Crippen molar-refractivity contribution in [3.05, 3.63) is 84.7 Å². The van der Waals surface area contributed by atoms with Crippen LogP contribution in [0.25, 0.3) is 0 Å². The van der Waals surface area contributed by atoms with Crippen molar-refractivity contribution in [1.29, 1.82) is 0 Å². The van der Waals surface area contributed by atoms with E-state index in [1.807, 2.05) is 11.8 Å². The molecular weight excluding hydrogens is 408 g/mol. The molecular formula is C29H36N2S. The molecule has 0 spiro atoms. The largest absolute Gasteiger partial charge is 0.359 e. The number of allylic oxidation sites excluding steroid dienone is 3. The summed E-state index contributed by atoms with van der Waals surface area (Å²) in [5, 5.41) is 3.52. The number of para-hydroxylation sites is 1. The average molecular weight is 445 g/mol. The van der Waals surface area contributed by atoms with Crippen LogP contribution in [0.4, 0.5) is 11.4 Å². The van der Waals surface area contributed by atoms with Gasteiger partial charge in [0.25, 0.3) is 0 Å². The molecule has 1 aliphatic carbocycles. The number of hydrogen-bond acceptors (Lipinski definition) is 3. The molecule has 0 saturated heterocycles. The molecule has 168 valence electrons. The van der Waals surface area contributed by atoms with Crippen LogP contribution in [-0.4, -0.2) is 7.05 Å². The summed E-state index contributed by atoms with van der Waals surface area (Å²) >= 11 is 1.87. The Labute approximate surface area is 198 Å². The molecule has 3 heteroatoms. The summed E-state index contributed by atoms with van der Waals surface area (Å²) in [5.41, 5.74) is 5.90. The molecule has 2 aromatic carbocycles. The first-order valence-electron chi connectivity index (χ1n) is 12.0. The van der Waals surface area contributed by atoms with Gasteiger partial charge in [-0.3, -0.25) is 0 Å². The Hall–Kier alpha value is -2.39. The fourth-order valence-corrected chi connectivity index (χ4v) is 6.13. The van der Waals surface area contributed by atoms with Crippen LogP contribution in [0.1, 0.15) is 63.4 Å². The van der Waals surface area contributed by atoms with Gasteiger partial charge in [-0.2, -0.15) is 0 Å². The van der Waals surface area contributed by atoms with Crippen LogP contribution in [0, 0.1) is 5.92 Å². The van der Waals surface area contributed by atoms with Gasteiger partial charge >= 0.3 is 0 Å². The lowest BCUT2D eigenvalue weighted by Crippen LogP contribution is -2.21. The molecule has 0 aromatic heterocycles. The Morgan fingerprint density at radius 2 is 1.84 bits per heavy atom. The first-order valence-corrected chi connectivity index (χ1v) is 12.8. The van der Waals surface area contributed by atoms with Gasteiger partial charge in [0.1, 0.15) is 0 Å². The number of nitrogens with one attached hydrogen (secondary N) is 1. The van der Waals surface area contributed by atoms with E-state index < -0.39 is 0 Å². The van der Waals surface area contributed by atoms with Gasteiger partial charge in [-0.25, -0.2) is 0 Å². The van der Waals surface area contributed by atoms with Crippen molar-refractivity contribution >= 4 is 23.1 Å². The molecule has 32 heavy (non-hydrogen) atoms. The van der Waals surface area contributed by atoms with Gasteiger partial charge in [0.15, 0.2) is 0 Å². The van der Waals surface area contributed by atoms with E-state index in [-0.39, 0.29) is 5.92 Å². The van der Waals surface area contributed by atoms with E-state index in [2.05, 4.69) is 92.0 Å². The highest BCUT2D eigenvalue weighted by Crippen LogP contribution is 2.48. The summed E-state index contributed by atoms with van der Waals surface area (Å²) < 4.78 is 0. The zero-order valence-electron chi connectivity index (χ0n) is 19.6. The second-order valence-corrected chi connectivity index (χ2v) is 10.2. The Morgan fingerprint density at radius 1 is 1.09 bits per heavy atom. The van der Waals surface area contributed by atoms with Crippen LogP contribution >= 0.6 is 11.8 Å². The predicted molar refractivity (Wildman–Crippen MR) is 140 cm³/mol. The van der Waals surface area contributed by atoms with Crippen LogP contribution < -0.4 is 10.2 Å². The molecule has 1 heterocycles. The average Bonchev–Trinajstić information content (AvgIpc) is 2.82. The summed E-state index contributed by atoms with van der Waals surface area (Å²) in [5.74, 6) is 1.06. The molecule has 1 saturated carbocycles. The Balaban J connectivity index is 1.62. The smallest absolute Gasteiger partial charge is 0.0553 e. The minimum atomic E-state index is 0.283. The Kier molecular flexibility index (Phi) is 7.47. The zero-order chi connectivity index (χ0) is 22.5. The van der Waals surface area contributed by atoms with Crippen molar-refractivity contribution in [2.24, 2.45) is 5.92 Å². The lowest BCUT2D eigenvalue weighted by molar-refractivity contribution is 0.325. The number of anilines is 2. The minimum absolute atomic E-state index is 0.283. The molecule has 1 atom stereocenters. The molecule has 2 aromatic rings. The van der Waals surface area contributed by atoms with E-state index in [4.69, 9.17) is 0 Å². The van der Waals surface area contributed by atoms with Crippen molar-refractivity contribution in [3.8, 4) is 0 Å². The fourth-order valence-electron chi connectivity index (χ4n) is 5.00. The van der Waals surface area contributed by atoms with Gasteiger partial charge in [-0.15, -0.1) is 0 Å². The molecule has 1 unspecified atom stereocenters. The van der Waals surface area contributed by atoms with E-state index in [1.165, 1.54) is 58.8 Å². The molecule has 4 rings (SSSR count). The van der Waals surface area contributed by atoms with E-state index in [9.17, 15) is 0 Å². The third kappa shape index (κ3) is 5.15. The van der Waals surface area contributed by atoms with Crippen molar-refractivity contribution < 1.29 is 0 Å². The second kappa shape index (κ2) is 10.5. The third-order valence-electron chi connectivity index (χ3n) is 6.78. The predicted octanol–water partition coefficient (Wildman–Crippen LogP) is 8.56. The van der Waals surface area contributed by atoms with E-state index >= 15 is 0 Å². The van der Waals surface area contributed by atoms with E-state index in [0.29, 0.717) is 0 Å². The monoisotopic (exact) mass is 444 g/mol. The Bertz CT molecular complexity index is 1000. The normalized spacial score (nSPS) is 17.0. The SMILES string of the molecule is C=C(/C=C\CC)NC(=C)C(CC1CCCCC1)c1ccc2c(c1)N(C)c1ccccc1S2. The lowest BCUT2D eigenvalue weighted by Gasteiger charge is -2.32. The Morgan fingerprint density at radius 3 is 2.62 bits per heavy atom. The zero-order valence-corrected chi connectivity index (χ0v) is 20.4. The standard InChI is InChI=1S/C29H36N2S/c1-5-6-12-21(2)30-22(3)25(19-23-13-8-7-9-14-23)24-17-18-29-27(20-24)31(4)26-15-10-11-16-28(26)32-29/h6,10-12,15-18,20,23,25,30H,2-3,5,7-9,13-14,19H2,1,4H3/b12-6-. The summed E-state index contributed by atoms with van der Waals surface area (Å²) in [6.45, 7) is 10.8. The van der Waals surface area contributed by atoms with Crippen LogP contribution in [0.3, 0.4) is 0 Å². The summed E-state index contributed by atoms with van der Waals surface area (Å²) in [6, 6.07) is 15.7. The molecule has 1 N–H and O–H groups in total. The van der Waals surface area contributed by atoms with Gasteiger partial charge in [0, 0.05) is 34.2 Å². The van der Waals surface area contributed by atoms with Crippen molar-refractivity contribution in [2.45, 2.75) is 67.6 Å². The molecule has 0 radical (unpaired) electrons. The van der Waals surface area contributed by atoms with Crippen LogP contribution in [0.2, 0.25) is 0 Å². The quantitative estimate of drug-likeness (QED) is 0.411. The summed E-state index contributed by atoms with van der Waals surface area (Å²) in [6.07, 6.45) is 13.2. The third-order valence-corrected chi connectivity index (χ3v) is 7.91. The fraction of sp³-hybridized carbons (Fsp3) is 0.379. The molecule has 1 fully saturated rings. The number of benzene rings is 2. The van der Waals surface area contributed by atoms with Crippen LogP contribution in [0.15, 0.2) is 89.0 Å². The lowest BCUT2D eigenvalue weighted by atomic mass is 9.79. The molecule has 0 bridgehead atoms. The number of nitrogens with zero attached hydrogens (tertiary/aromatic N) is 1. The topological polar surface area (TPSA) is 15.3 Å². The second-order valence-electron chi connectivity index (χ2n) is 9.13. The van der Waals surface area contributed by atoms with Crippen LogP contribution in [0.5, 0.6) is 0 Å². The maximum absolute atomic E-state index is 4.49. The highest BCUT2D eigenvalue weighted by atomic mass is 32.2. The van der Waals surface area contributed by atoms with E-state index in [0.717, 1.165) is 30.2 Å². The summed E-state index contributed by atoms with van der Waals surface area (Å²) in [7, 11) is 2.18. The number of fused-ring (bicyclic) bond motifs is 2. The van der Waals surface area contributed by atoms with E-state index in [1.54, 1.807) is 0 Å². The maximum Gasteiger partial charge on any atom is 0.0553 e. The molecule has 2 nitrogen and oxygen atoms in total. The molecule has 0 amide bonds. The van der Waals surface area contributed by atoms with Crippen molar-refractivity contribution in [2.75, 3.05) is 11.9 Å². The maximum atomic E-state index is 4.49. The highest BCUT2D eigenvalue weighted by Gasteiger charge is 2.26. The highest BCUT2D eigenvalue weighted by molar-refractivity contribution is 7.99. The van der Waals surface area contributed by atoms with Gasteiger partial charge in [0.2, 0.25) is 0 Å². The molecule has 1 aliphatic heterocycles. The summed E-state index contributed by atoms with van der Waals surface area (Å²) in [4.78, 5) is 4.97. The van der Waals surface area contributed by atoms with Gasteiger partial charge < -0.3 is 10.2 Å². The molecule has 2 aliphatic rings. The minimum Gasteiger partial charge on any atom is -0.359 e. The first kappa shape index (κ1) is 22.8. The van der Waals surface area contributed by atoms with Gasteiger partial charge in [-0.05, 0) is 54.7 Å².